The van der Waals surface area contributed by atoms with Crippen LogP contribution in [0.25, 0.3) is 0 Å². The molecule has 9 heteroatoms. The lowest BCUT2D eigenvalue weighted by Gasteiger charge is -2.33. The molecule has 0 bridgehead atoms. The Morgan fingerprint density at radius 1 is 1.36 bits per heavy atom. The zero-order valence-electron chi connectivity index (χ0n) is 15.0. The first kappa shape index (κ1) is 20.4. The van der Waals surface area contributed by atoms with Crippen LogP contribution in [0.2, 0.25) is 5.15 Å². The number of carbonyl (C=O) groups is 1. The van der Waals surface area contributed by atoms with Gasteiger partial charge in [-0.05, 0) is 37.3 Å². The van der Waals surface area contributed by atoms with Crippen LogP contribution in [0.5, 0.6) is 5.75 Å². The maximum atomic E-state index is 12.8. The van der Waals surface area contributed by atoms with Gasteiger partial charge in [0.05, 0.1) is 24.3 Å². The van der Waals surface area contributed by atoms with Gasteiger partial charge < -0.3 is 14.4 Å². The number of nitrogens with zero attached hydrogens (tertiary/aromatic N) is 2. The van der Waals surface area contributed by atoms with E-state index in [0.717, 1.165) is 12.1 Å². The Kier molecular flexibility index (Phi) is 6.10. The second-order valence-electron chi connectivity index (χ2n) is 6.37. The van der Waals surface area contributed by atoms with E-state index < -0.39 is 17.8 Å². The molecule has 3 rings (SSSR count). The Morgan fingerprint density at radius 2 is 2.14 bits per heavy atom. The van der Waals surface area contributed by atoms with Gasteiger partial charge >= 0.3 is 6.18 Å². The molecule has 1 aromatic carbocycles. The number of morpholine rings is 1. The molecule has 0 spiro atoms. The van der Waals surface area contributed by atoms with Crippen molar-refractivity contribution in [3.8, 4) is 5.75 Å². The van der Waals surface area contributed by atoms with Crippen LogP contribution < -0.4 is 4.74 Å². The molecule has 1 atom stereocenters. The number of rotatable bonds is 4. The van der Waals surface area contributed by atoms with E-state index in [1.807, 2.05) is 0 Å². The molecular weight excluding hydrogens is 397 g/mol. The van der Waals surface area contributed by atoms with E-state index in [9.17, 15) is 18.0 Å². The fraction of sp³-hybridized carbons (Fsp3) is 0.368. The molecule has 1 fully saturated rings. The Balaban J connectivity index is 1.62. The minimum atomic E-state index is -4.44. The minimum Gasteiger partial charge on any atom is -0.491 e. The minimum absolute atomic E-state index is 0.0188. The van der Waals surface area contributed by atoms with Crippen LogP contribution in [-0.2, 0) is 10.9 Å². The van der Waals surface area contributed by atoms with Gasteiger partial charge in [0, 0.05) is 12.2 Å². The molecule has 0 aliphatic carbocycles. The molecule has 1 unspecified atom stereocenters. The molecule has 1 aromatic heterocycles. The van der Waals surface area contributed by atoms with Crippen LogP contribution in [0.4, 0.5) is 13.2 Å². The summed E-state index contributed by atoms with van der Waals surface area (Å²) in [6.07, 6.45) is -4.91. The van der Waals surface area contributed by atoms with Crippen LogP contribution >= 0.6 is 11.6 Å². The zero-order chi connectivity index (χ0) is 20.3. The van der Waals surface area contributed by atoms with Crippen LogP contribution in [0.3, 0.4) is 0 Å². The van der Waals surface area contributed by atoms with Gasteiger partial charge in [0.1, 0.15) is 23.6 Å². The number of carbonyl (C=O) groups excluding carboxylic acids is 1. The van der Waals surface area contributed by atoms with E-state index in [1.165, 1.54) is 12.1 Å². The van der Waals surface area contributed by atoms with Gasteiger partial charge in [0.25, 0.3) is 5.91 Å². The van der Waals surface area contributed by atoms with E-state index >= 15 is 0 Å². The van der Waals surface area contributed by atoms with Gasteiger partial charge in [-0.3, -0.25) is 4.79 Å². The molecule has 1 saturated heterocycles. The van der Waals surface area contributed by atoms with E-state index in [1.54, 1.807) is 24.0 Å². The fourth-order valence-electron chi connectivity index (χ4n) is 2.81. The standard InChI is InChI=1S/C19H18ClF3N2O3/c1-12-5-6-16(17(20)24-12)18(26)25-7-8-27-15(10-25)11-28-14-4-2-3-13(9-14)19(21,22)23/h2-6,9,15H,7-8,10-11H2,1H3. The molecule has 1 amide bonds. The first-order valence-electron chi connectivity index (χ1n) is 8.58. The van der Waals surface area contributed by atoms with Gasteiger partial charge in [-0.25, -0.2) is 4.98 Å². The second kappa shape index (κ2) is 8.36. The van der Waals surface area contributed by atoms with E-state index in [-0.39, 0.29) is 30.0 Å². The molecule has 0 N–H and O–H groups in total. The first-order chi connectivity index (χ1) is 13.2. The third-order valence-electron chi connectivity index (χ3n) is 4.24. The fourth-order valence-corrected chi connectivity index (χ4v) is 3.09. The quantitative estimate of drug-likeness (QED) is 0.710. The van der Waals surface area contributed by atoms with Crippen LogP contribution in [-0.4, -0.2) is 48.2 Å². The van der Waals surface area contributed by atoms with Gasteiger partial charge in [0.15, 0.2) is 0 Å². The number of hydrogen-bond donors (Lipinski definition) is 0. The van der Waals surface area contributed by atoms with Crippen molar-refractivity contribution >= 4 is 17.5 Å². The molecule has 5 nitrogen and oxygen atoms in total. The predicted octanol–water partition coefficient (Wildman–Crippen LogP) is 3.98. The average molecular weight is 415 g/mol. The SMILES string of the molecule is Cc1ccc(C(=O)N2CCOC(COc3cccc(C(F)(F)F)c3)C2)c(Cl)n1. The number of ether oxygens (including phenoxy) is 2. The lowest BCUT2D eigenvalue weighted by molar-refractivity contribution is -0.137. The lowest BCUT2D eigenvalue weighted by atomic mass is 10.2. The molecule has 1 aliphatic heterocycles. The van der Waals surface area contributed by atoms with E-state index in [0.29, 0.717) is 24.4 Å². The van der Waals surface area contributed by atoms with Crippen LogP contribution in [0.15, 0.2) is 36.4 Å². The molecular formula is C19H18ClF3N2O3. The number of aryl methyl sites for hydroxylation is 1. The van der Waals surface area contributed by atoms with Crippen molar-refractivity contribution in [1.29, 1.82) is 0 Å². The van der Waals surface area contributed by atoms with E-state index in [4.69, 9.17) is 21.1 Å². The Morgan fingerprint density at radius 3 is 2.86 bits per heavy atom. The third kappa shape index (κ3) is 4.94. The summed E-state index contributed by atoms with van der Waals surface area (Å²) in [5, 5.41) is 0.133. The van der Waals surface area contributed by atoms with Gasteiger partial charge in [-0.1, -0.05) is 17.7 Å². The van der Waals surface area contributed by atoms with Crippen LogP contribution in [0, 0.1) is 6.92 Å². The van der Waals surface area contributed by atoms with Crippen molar-refractivity contribution in [3.05, 3.63) is 58.4 Å². The number of amides is 1. The number of halogens is 4. The van der Waals surface area contributed by atoms with Crippen molar-refractivity contribution in [2.24, 2.45) is 0 Å². The summed E-state index contributed by atoms with van der Waals surface area (Å²) in [5.74, 6) is -0.183. The monoisotopic (exact) mass is 414 g/mol. The smallest absolute Gasteiger partial charge is 0.416 e. The summed E-state index contributed by atoms with van der Waals surface area (Å²) in [7, 11) is 0. The predicted molar refractivity (Wildman–Crippen MR) is 96.6 cm³/mol. The summed E-state index contributed by atoms with van der Waals surface area (Å²) in [4.78, 5) is 18.3. The highest BCUT2D eigenvalue weighted by atomic mass is 35.5. The molecule has 0 radical (unpaired) electrons. The maximum absolute atomic E-state index is 12.8. The number of pyridine rings is 1. The van der Waals surface area contributed by atoms with E-state index in [2.05, 4.69) is 4.98 Å². The van der Waals surface area contributed by atoms with Crippen molar-refractivity contribution in [1.82, 2.24) is 9.88 Å². The van der Waals surface area contributed by atoms with Crippen molar-refractivity contribution in [3.63, 3.8) is 0 Å². The number of benzene rings is 1. The van der Waals surface area contributed by atoms with Crippen LogP contribution in [0.1, 0.15) is 21.6 Å². The Bertz CT molecular complexity index is 861. The highest BCUT2D eigenvalue weighted by Gasteiger charge is 2.31. The third-order valence-corrected chi connectivity index (χ3v) is 4.53. The van der Waals surface area contributed by atoms with Gasteiger partial charge in [0.2, 0.25) is 0 Å². The Hall–Kier alpha value is -2.32. The second-order valence-corrected chi connectivity index (χ2v) is 6.73. The number of aromatic nitrogens is 1. The summed E-state index contributed by atoms with van der Waals surface area (Å²) in [6.45, 7) is 2.70. The highest BCUT2D eigenvalue weighted by molar-refractivity contribution is 6.32. The van der Waals surface area contributed by atoms with Crippen molar-refractivity contribution in [2.45, 2.75) is 19.2 Å². The molecule has 2 aromatic rings. The summed E-state index contributed by atoms with van der Waals surface area (Å²) >= 11 is 6.07. The molecule has 28 heavy (non-hydrogen) atoms. The largest absolute Gasteiger partial charge is 0.491 e. The van der Waals surface area contributed by atoms with Crippen molar-refractivity contribution < 1.29 is 27.4 Å². The topological polar surface area (TPSA) is 51.7 Å². The lowest BCUT2D eigenvalue weighted by Crippen LogP contribution is -2.47. The summed E-state index contributed by atoms with van der Waals surface area (Å²) < 4.78 is 49.4. The average Bonchev–Trinajstić information content (AvgIpc) is 2.66. The summed E-state index contributed by atoms with van der Waals surface area (Å²) in [5.41, 5.74) is 0.218. The Labute approximate surface area is 165 Å². The van der Waals surface area contributed by atoms with Gasteiger partial charge in [-0.15, -0.1) is 0 Å². The normalized spacial score (nSPS) is 17.5. The summed E-state index contributed by atoms with van der Waals surface area (Å²) in [6, 6.07) is 7.96. The molecule has 0 saturated carbocycles. The zero-order valence-corrected chi connectivity index (χ0v) is 15.8. The highest BCUT2D eigenvalue weighted by Crippen LogP contribution is 2.31. The number of hydrogen-bond acceptors (Lipinski definition) is 4. The molecule has 2 heterocycles. The van der Waals surface area contributed by atoms with Crippen molar-refractivity contribution in [2.75, 3.05) is 26.3 Å². The maximum Gasteiger partial charge on any atom is 0.416 e. The molecule has 150 valence electrons. The first-order valence-corrected chi connectivity index (χ1v) is 8.96. The molecule has 1 aliphatic rings. The number of alkyl halides is 3. The van der Waals surface area contributed by atoms with Gasteiger partial charge in [-0.2, -0.15) is 13.2 Å².